The Labute approximate surface area is 371 Å². The van der Waals surface area contributed by atoms with E-state index in [0.717, 1.165) is 122 Å². The summed E-state index contributed by atoms with van der Waals surface area (Å²) in [6, 6.07) is 0. The van der Waals surface area contributed by atoms with E-state index in [1.165, 1.54) is 6.42 Å². The molecule has 2 unspecified atom stereocenters. The van der Waals surface area contributed by atoms with Gasteiger partial charge in [-0.2, -0.15) is 0 Å². The lowest BCUT2D eigenvalue weighted by Crippen LogP contribution is -2.29. The van der Waals surface area contributed by atoms with Gasteiger partial charge in [0.25, 0.3) is 0 Å². The molecule has 346 valence electrons. The highest BCUT2D eigenvalue weighted by atomic mass is 31.2. The minimum absolute atomic E-state index is 0.0414. The zero-order valence-electron chi connectivity index (χ0n) is 38.1. The Balaban J connectivity index is 4.17. The maximum Gasteiger partial charge on any atom is 0.472 e. The van der Waals surface area contributed by atoms with E-state index in [1.54, 1.807) is 0 Å². The minimum atomic E-state index is -4.40. The highest BCUT2D eigenvalue weighted by molar-refractivity contribution is 7.47. The molecule has 0 saturated heterocycles. The van der Waals surface area contributed by atoms with Crippen LogP contribution in [-0.4, -0.2) is 49.3 Å². The van der Waals surface area contributed by atoms with E-state index in [2.05, 4.69) is 123 Å². The Hall–Kier alpha value is -3.33. The van der Waals surface area contributed by atoms with E-state index in [-0.39, 0.29) is 32.6 Å². The summed E-state index contributed by atoms with van der Waals surface area (Å²) in [6.45, 7) is 3.49. The lowest BCUT2D eigenvalue weighted by molar-refractivity contribution is -0.161. The van der Waals surface area contributed by atoms with Crippen molar-refractivity contribution in [3.8, 4) is 0 Å². The highest BCUT2D eigenvalue weighted by Gasteiger charge is 2.26. The molecule has 0 aromatic rings. The van der Waals surface area contributed by atoms with E-state index in [1.807, 2.05) is 0 Å². The molecule has 9 nitrogen and oxygen atoms in total. The van der Waals surface area contributed by atoms with Gasteiger partial charge >= 0.3 is 19.8 Å². The number of hydrogen-bond acceptors (Lipinski definition) is 8. The molecule has 0 aliphatic carbocycles. The van der Waals surface area contributed by atoms with Crippen LogP contribution < -0.4 is 5.73 Å². The Kier molecular flexibility index (Phi) is 43.7. The predicted molar refractivity (Wildman–Crippen MR) is 256 cm³/mol. The number of hydrogen-bond donors (Lipinski definition) is 2. The summed E-state index contributed by atoms with van der Waals surface area (Å²) in [6.07, 6.45) is 61.2. The third-order valence-corrected chi connectivity index (χ3v) is 10.1. The van der Waals surface area contributed by atoms with Crippen molar-refractivity contribution < 1.29 is 37.6 Å². The van der Waals surface area contributed by atoms with Crippen molar-refractivity contribution in [2.24, 2.45) is 5.73 Å². The quantitative estimate of drug-likeness (QED) is 0.0266. The van der Waals surface area contributed by atoms with Crippen molar-refractivity contribution in [1.82, 2.24) is 0 Å². The van der Waals surface area contributed by atoms with E-state index >= 15 is 0 Å². The van der Waals surface area contributed by atoms with E-state index in [9.17, 15) is 19.0 Å². The van der Waals surface area contributed by atoms with Crippen molar-refractivity contribution in [3.05, 3.63) is 109 Å². The summed E-state index contributed by atoms with van der Waals surface area (Å²) in [5, 5.41) is 0. The molecule has 3 N–H and O–H groups in total. The van der Waals surface area contributed by atoms with E-state index in [0.29, 0.717) is 12.8 Å². The molecule has 0 aliphatic heterocycles. The molecular weight excluding hydrogens is 786 g/mol. The lowest BCUT2D eigenvalue weighted by atomic mass is 10.1. The fourth-order valence-electron chi connectivity index (χ4n) is 5.71. The van der Waals surface area contributed by atoms with Crippen LogP contribution in [0.1, 0.15) is 168 Å². The van der Waals surface area contributed by atoms with E-state index < -0.39 is 32.5 Å². The number of esters is 2. The van der Waals surface area contributed by atoms with Crippen LogP contribution >= 0.6 is 7.82 Å². The van der Waals surface area contributed by atoms with Gasteiger partial charge in [-0.05, 0) is 96.3 Å². The number of unbranched alkanes of at least 4 members (excludes halogenated alkanes) is 11. The monoisotopic (exact) mass is 870 g/mol. The largest absolute Gasteiger partial charge is 0.472 e. The van der Waals surface area contributed by atoms with Crippen LogP contribution in [0.2, 0.25) is 0 Å². The number of nitrogens with two attached hydrogens (primary N) is 1. The SMILES string of the molecule is CC/C=C\C/C=C\C/C=C\C/C=C\C/C=C\C/C=C\C/C=C\CCCCCCCC(=O)OC(COC(=O)CCCCCCC/C=C\C/C=C\CCC)COP(=O)(O)OCCN. The van der Waals surface area contributed by atoms with Crippen LogP contribution in [0, 0.1) is 0 Å². The Morgan fingerprint density at radius 1 is 0.508 bits per heavy atom. The highest BCUT2D eigenvalue weighted by Crippen LogP contribution is 2.43. The first-order valence-electron chi connectivity index (χ1n) is 23.4. The van der Waals surface area contributed by atoms with Gasteiger partial charge in [0.05, 0.1) is 13.2 Å². The molecule has 0 spiro atoms. The van der Waals surface area contributed by atoms with Crippen molar-refractivity contribution in [2.75, 3.05) is 26.4 Å². The smallest absolute Gasteiger partial charge is 0.462 e. The second-order valence-corrected chi connectivity index (χ2v) is 16.3. The van der Waals surface area contributed by atoms with Crippen molar-refractivity contribution in [2.45, 2.75) is 174 Å². The Bertz CT molecular complexity index is 1360. The molecule has 10 heteroatoms. The van der Waals surface area contributed by atoms with Gasteiger partial charge in [-0.15, -0.1) is 0 Å². The van der Waals surface area contributed by atoms with Crippen molar-refractivity contribution in [3.63, 3.8) is 0 Å². The normalized spacial score (nSPS) is 14.2. The topological polar surface area (TPSA) is 134 Å². The Morgan fingerprint density at radius 3 is 1.34 bits per heavy atom. The van der Waals surface area contributed by atoms with Gasteiger partial charge in [-0.3, -0.25) is 18.6 Å². The molecule has 0 radical (unpaired) electrons. The van der Waals surface area contributed by atoms with Gasteiger partial charge in [-0.1, -0.05) is 168 Å². The predicted octanol–water partition coefficient (Wildman–Crippen LogP) is 13.9. The minimum Gasteiger partial charge on any atom is -0.462 e. The lowest BCUT2D eigenvalue weighted by Gasteiger charge is -2.19. The first-order valence-corrected chi connectivity index (χ1v) is 24.9. The van der Waals surface area contributed by atoms with Crippen LogP contribution in [0.4, 0.5) is 0 Å². The molecule has 0 amide bonds. The average molecular weight is 870 g/mol. The number of rotatable bonds is 42. The van der Waals surface area contributed by atoms with Gasteiger partial charge in [0.1, 0.15) is 6.61 Å². The molecule has 0 saturated carbocycles. The fraction of sp³-hybridized carbons (Fsp3) is 0.608. The second kappa shape index (κ2) is 46.2. The molecule has 0 aromatic heterocycles. The van der Waals surface area contributed by atoms with E-state index in [4.69, 9.17) is 24.3 Å². The van der Waals surface area contributed by atoms with Crippen LogP contribution in [-0.2, 0) is 32.7 Å². The number of phosphoric ester groups is 1. The molecule has 0 rings (SSSR count). The zero-order valence-corrected chi connectivity index (χ0v) is 39.0. The van der Waals surface area contributed by atoms with Crippen LogP contribution in [0.15, 0.2) is 109 Å². The molecule has 0 fully saturated rings. The van der Waals surface area contributed by atoms with Gasteiger partial charge in [-0.25, -0.2) is 4.57 Å². The van der Waals surface area contributed by atoms with Gasteiger partial charge in [0.2, 0.25) is 0 Å². The first-order chi connectivity index (χ1) is 29.8. The third-order valence-electron chi connectivity index (χ3n) is 9.12. The van der Waals surface area contributed by atoms with Gasteiger partial charge in [0.15, 0.2) is 6.10 Å². The number of ether oxygens (including phenoxy) is 2. The molecule has 2 atom stereocenters. The zero-order chi connectivity index (χ0) is 44.6. The molecule has 0 aromatic carbocycles. The summed E-state index contributed by atoms with van der Waals surface area (Å²) in [5.74, 6) is -0.879. The number of carbonyl (C=O) groups is 2. The standard InChI is InChI=1S/C51H84NO8P/c1-3-5-7-9-11-13-15-17-18-19-20-21-22-23-24-25-26-27-28-29-30-32-34-36-38-40-42-44-51(54)60-49(48-59-61(55,56)58-46-45-52)47-57-50(53)43-41-39-37-35-33-31-16-14-12-10-8-6-4-2/h5,7-8,10-11,13-14,16-18,20-21,23-24,26-27,29-30,49H,3-4,6,9,12,15,19,22,25,28,31-48,52H2,1-2H3,(H,55,56)/b7-5-,10-8-,13-11-,16-14-,18-17-,21-20-,24-23-,27-26-,30-29-. The summed E-state index contributed by atoms with van der Waals surface area (Å²) < 4.78 is 32.8. The van der Waals surface area contributed by atoms with Crippen LogP contribution in [0.5, 0.6) is 0 Å². The van der Waals surface area contributed by atoms with Crippen LogP contribution in [0.25, 0.3) is 0 Å². The second-order valence-electron chi connectivity index (χ2n) is 14.9. The number of allylic oxidation sites excluding steroid dienone is 18. The molecule has 61 heavy (non-hydrogen) atoms. The maximum absolute atomic E-state index is 12.6. The van der Waals surface area contributed by atoms with Crippen molar-refractivity contribution in [1.29, 1.82) is 0 Å². The molecule has 0 aliphatic rings. The average Bonchev–Trinajstić information content (AvgIpc) is 3.25. The Morgan fingerprint density at radius 2 is 0.902 bits per heavy atom. The summed E-state index contributed by atoms with van der Waals surface area (Å²) >= 11 is 0. The molecule has 0 bridgehead atoms. The number of phosphoric acid groups is 1. The molecule has 0 heterocycles. The third kappa shape index (κ3) is 46.0. The maximum atomic E-state index is 12.6. The molecular formula is C51H84NO8P. The van der Waals surface area contributed by atoms with Gasteiger partial charge in [0, 0.05) is 19.4 Å². The first kappa shape index (κ1) is 57.7. The summed E-state index contributed by atoms with van der Waals surface area (Å²) in [4.78, 5) is 34.9. The van der Waals surface area contributed by atoms with Crippen LogP contribution in [0.3, 0.4) is 0 Å². The number of carbonyl (C=O) groups excluding carboxylic acids is 2. The fourth-order valence-corrected chi connectivity index (χ4v) is 6.47. The summed E-state index contributed by atoms with van der Waals surface area (Å²) in [5.41, 5.74) is 5.35. The summed E-state index contributed by atoms with van der Waals surface area (Å²) in [7, 11) is -4.40. The van der Waals surface area contributed by atoms with Gasteiger partial charge < -0.3 is 20.1 Å². The van der Waals surface area contributed by atoms with Crippen molar-refractivity contribution >= 4 is 19.8 Å².